The molecule has 3 aromatic rings. The first-order valence-corrected chi connectivity index (χ1v) is 7.50. The molecule has 0 aliphatic rings. The predicted molar refractivity (Wildman–Crippen MR) is 85.9 cm³/mol. The van der Waals surface area contributed by atoms with Gasteiger partial charge in [-0.15, -0.1) is 0 Å². The monoisotopic (exact) mass is 295 g/mol. The molecule has 0 unspecified atom stereocenters. The third kappa shape index (κ3) is 2.52. The Balaban J connectivity index is 2.19. The first-order chi connectivity index (χ1) is 10.7. The minimum atomic E-state index is -0.235. The van der Waals surface area contributed by atoms with Gasteiger partial charge in [-0.1, -0.05) is 6.92 Å². The van der Waals surface area contributed by atoms with Gasteiger partial charge in [0.25, 0.3) is 0 Å². The summed E-state index contributed by atoms with van der Waals surface area (Å²) in [5.41, 5.74) is 4.06. The quantitative estimate of drug-likeness (QED) is 0.717. The van der Waals surface area contributed by atoms with Crippen molar-refractivity contribution in [3.63, 3.8) is 0 Å². The molecule has 2 aromatic heterocycles. The predicted octanol–water partition coefficient (Wildman–Crippen LogP) is 4.33. The zero-order valence-electron chi connectivity index (χ0n) is 12.8. The van der Waals surface area contributed by atoms with Crippen LogP contribution in [0.15, 0.2) is 48.8 Å². The third-order valence-corrected chi connectivity index (χ3v) is 3.76. The van der Waals surface area contributed by atoms with Crippen LogP contribution in [-0.2, 0) is 13.0 Å². The summed E-state index contributed by atoms with van der Waals surface area (Å²) in [5.74, 6) is 0.639. The number of imidazole rings is 1. The largest absolute Gasteiger partial charge is 0.328 e. The lowest BCUT2D eigenvalue weighted by molar-refractivity contribution is 0.628. The van der Waals surface area contributed by atoms with Crippen LogP contribution in [0.25, 0.3) is 22.6 Å². The molecule has 0 saturated carbocycles. The van der Waals surface area contributed by atoms with Crippen molar-refractivity contribution >= 4 is 0 Å². The van der Waals surface area contributed by atoms with Gasteiger partial charge in [0.2, 0.25) is 0 Å². The van der Waals surface area contributed by atoms with Crippen molar-refractivity contribution < 1.29 is 4.39 Å². The second-order valence-corrected chi connectivity index (χ2v) is 5.08. The summed E-state index contributed by atoms with van der Waals surface area (Å²) in [7, 11) is 0. The Hall–Kier alpha value is -2.49. The minimum Gasteiger partial charge on any atom is -0.328 e. The van der Waals surface area contributed by atoms with Gasteiger partial charge in [-0.2, -0.15) is 0 Å². The maximum Gasteiger partial charge on any atom is 0.140 e. The van der Waals surface area contributed by atoms with Crippen molar-refractivity contribution in [1.29, 1.82) is 0 Å². The normalized spacial score (nSPS) is 10.9. The molecule has 0 fully saturated rings. The summed E-state index contributed by atoms with van der Waals surface area (Å²) in [4.78, 5) is 9.01. The fourth-order valence-electron chi connectivity index (χ4n) is 2.74. The number of benzene rings is 1. The van der Waals surface area contributed by atoms with Crippen LogP contribution in [0.4, 0.5) is 4.39 Å². The highest BCUT2D eigenvalue weighted by Gasteiger charge is 2.17. The number of rotatable bonds is 4. The number of hydrogen-bond acceptors (Lipinski definition) is 2. The van der Waals surface area contributed by atoms with Crippen molar-refractivity contribution in [2.45, 2.75) is 26.8 Å². The van der Waals surface area contributed by atoms with E-state index in [0.29, 0.717) is 0 Å². The van der Waals surface area contributed by atoms with Gasteiger partial charge in [-0.25, -0.2) is 9.37 Å². The zero-order valence-corrected chi connectivity index (χ0v) is 12.8. The number of halogens is 1. The molecule has 4 heteroatoms. The topological polar surface area (TPSA) is 30.7 Å². The Morgan fingerprint density at radius 1 is 1.05 bits per heavy atom. The molecule has 0 atom stereocenters. The summed E-state index contributed by atoms with van der Waals surface area (Å²) in [6.45, 7) is 5.04. The van der Waals surface area contributed by atoms with Gasteiger partial charge in [-0.05, 0) is 49.7 Å². The lowest BCUT2D eigenvalue weighted by atomic mass is 10.1. The van der Waals surface area contributed by atoms with E-state index in [1.807, 2.05) is 18.3 Å². The van der Waals surface area contributed by atoms with Crippen LogP contribution in [0.1, 0.15) is 19.5 Å². The molecular weight excluding hydrogens is 277 g/mol. The van der Waals surface area contributed by atoms with Gasteiger partial charge in [-0.3, -0.25) is 4.98 Å². The molecule has 0 saturated heterocycles. The maximum atomic E-state index is 13.2. The molecule has 1 aromatic carbocycles. The van der Waals surface area contributed by atoms with E-state index in [9.17, 15) is 4.39 Å². The Morgan fingerprint density at radius 2 is 1.82 bits per heavy atom. The van der Waals surface area contributed by atoms with Crippen LogP contribution in [0, 0.1) is 5.82 Å². The highest BCUT2D eigenvalue weighted by Crippen LogP contribution is 2.29. The first-order valence-electron chi connectivity index (χ1n) is 7.50. The molecule has 112 valence electrons. The summed E-state index contributed by atoms with van der Waals surface area (Å²) >= 11 is 0. The first kappa shape index (κ1) is 14.4. The average Bonchev–Trinajstić information content (AvgIpc) is 2.95. The number of aromatic nitrogens is 3. The van der Waals surface area contributed by atoms with E-state index in [-0.39, 0.29) is 5.82 Å². The minimum absolute atomic E-state index is 0.235. The summed E-state index contributed by atoms with van der Waals surface area (Å²) < 4.78 is 15.4. The van der Waals surface area contributed by atoms with Gasteiger partial charge in [0.15, 0.2) is 0 Å². The number of hydrogen-bond donors (Lipinski definition) is 0. The van der Waals surface area contributed by atoms with Crippen molar-refractivity contribution in [1.82, 2.24) is 14.5 Å². The van der Waals surface area contributed by atoms with Gasteiger partial charge in [0, 0.05) is 35.8 Å². The molecule has 0 bridgehead atoms. The molecular formula is C18H18FN3. The van der Waals surface area contributed by atoms with E-state index in [1.54, 1.807) is 18.3 Å². The zero-order chi connectivity index (χ0) is 15.5. The van der Waals surface area contributed by atoms with Crippen LogP contribution in [0.2, 0.25) is 0 Å². The van der Waals surface area contributed by atoms with Crippen molar-refractivity contribution in [2.75, 3.05) is 0 Å². The molecule has 0 spiro atoms. The molecule has 3 rings (SSSR count). The van der Waals surface area contributed by atoms with Gasteiger partial charge < -0.3 is 4.57 Å². The van der Waals surface area contributed by atoms with Crippen LogP contribution in [0.3, 0.4) is 0 Å². The van der Waals surface area contributed by atoms with E-state index >= 15 is 0 Å². The Morgan fingerprint density at radius 3 is 2.41 bits per heavy atom. The fourth-order valence-corrected chi connectivity index (χ4v) is 2.74. The average molecular weight is 295 g/mol. The lowest BCUT2D eigenvalue weighted by Crippen LogP contribution is -2.02. The van der Waals surface area contributed by atoms with Crippen LogP contribution >= 0.6 is 0 Å². The van der Waals surface area contributed by atoms with Gasteiger partial charge in [0.05, 0.1) is 5.69 Å². The Bertz CT molecular complexity index is 761. The SMILES string of the molecule is CCc1c(-c2cccnc2)nc(-c2ccc(F)cc2)n1CC. The molecule has 3 nitrogen and oxygen atoms in total. The molecule has 0 amide bonds. The Kier molecular flexibility index (Phi) is 4.00. The highest BCUT2D eigenvalue weighted by molar-refractivity contribution is 5.67. The van der Waals surface area contributed by atoms with E-state index in [2.05, 4.69) is 23.4 Å². The second kappa shape index (κ2) is 6.10. The summed E-state index contributed by atoms with van der Waals surface area (Å²) in [6.07, 6.45) is 4.47. The molecule has 22 heavy (non-hydrogen) atoms. The molecule has 2 heterocycles. The smallest absolute Gasteiger partial charge is 0.140 e. The maximum absolute atomic E-state index is 13.2. The third-order valence-electron chi connectivity index (χ3n) is 3.76. The number of nitrogens with zero attached hydrogens (tertiary/aromatic N) is 3. The summed E-state index contributed by atoms with van der Waals surface area (Å²) in [5, 5.41) is 0. The molecule has 0 aliphatic heterocycles. The van der Waals surface area contributed by atoms with Crippen LogP contribution < -0.4 is 0 Å². The van der Waals surface area contributed by atoms with E-state index in [4.69, 9.17) is 4.98 Å². The Labute approximate surface area is 129 Å². The van der Waals surface area contributed by atoms with Gasteiger partial charge >= 0.3 is 0 Å². The van der Waals surface area contributed by atoms with Gasteiger partial charge in [0.1, 0.15) is 11.6 Å². The molecule has 0 radical (unpaired) electrons. The lowest BCUT2D eigenvalue weighted by Gasteiger charge is -2.09. The van der Waals surface area contributed by atoms with E-state index in [0.717, 1.165) is 35.6 Å². The second-order valence-electron chi connectivity index (χ2n) is 5.08. The van der Waals surface area contributed by atoms with E-state index in [1.165, 1.54) is 17.8 Å². The number of pyridine rings is 1. The highest BCUT2D eigenvalue weighted by atomic mass is 19.1. The summed E-state index contributed by atoms with van der Waals surface area (Å²) in [6, 6.07) is 10.4. The van der Waals surface area contributed by atoms with E-state index < -0.39 is 0 Å². The molecule has 0 aliphatic carbocycles. The van der Waals surface area contributed by atoms with Crippen molar-refractivity contribution in [2.24, 2.45) is 0 Å². The van der Waals surface area contributed by atoms with Crippen molar-refractivity contribution in [3.05, 3.63) is 60.3 Å². The van der Waals surface area contributed by atoms with Crippen molar-refractivity contribution in [3.8, 4) is 22.6 Å². The van der Waals surface area contributed by atoms with Crippen LogP contribution in [0.5, 0.6) is 0 Å². The fraction of sp³-hybridized carbons (Fsp3) is 0.222. The van der Waals surface area contributed by atoms with Crippen LogP contribution in [-0.4, -0.2) is 14.5 Å². The molecule has 0 N–H and O–H groups in total. The standard InChI is InChI=1S/C18H18FN3/c1-3-16-17(14-6-5-11-20-12-14)21-18(22(16)4-2)13-7-9-15(19)10-8-13/h5-12H,3-4H2,1-2H3.